The molecule has 0 aliphatic heterocycles. The van der Waals surface area contributed by atoms with Crippen LogP contribution < -0.4 is 10.6 Å². The van der Waals surface area contributed by atoms with E-state index in [4.69, 9.17) is 4.98 Å². The number of hydrogen-bond donors (Lipinski definition) is 2. The van der Waals surface area contributed by atoms with Crippen molar-refractivity contribution in [3.05, 3.63) is 16.1 Å². The van der Waals surface area contributed by atoms with Crippen LogP contribution in [0.3, 0.4) is 0 Å². The Balaban J connectivity index is 1.76. The third kappa shape index (κ3) is 4.99. The Morgan fingerprint density at radius 3 is 2.67 bits per heavy atom. The molecule has 0 aromatic carbocycles. The van der Waals surface area contributed by atoms with Crippen LogP contribution in [0.4, 0.5) is 0 Å². The Labute approximate surface area is 132 Å². The topological polar surface area (TPSA) is 49.3 Å². The fourth-order valence-corrected chi connectivity index (χ4v) is 3.54. The molecule has 1 aliphatic carbocycles. The van der Waals surface area contributed by atoms with E-state index in [0.717, 1.165) is 18.9 Å². The highest BCUT2D eigenvalue weighted by Gasteiger charge is 2.18. The summed E-state index contributed by atoms with van der Waals surface area (Å²) in [6.07, 6.45) is 6.16. The molecule has 2 N–H and O–H groups in total. The Morgan fingerprint density at radius 2 is 2.10 bits per heavy atom. The van der Waals surface area contributed by atoms with Crippen molar-refractivity contribution in [2.24, 2.45) is 4.99 Å². The molecule has 1 aromatic heterocycles. The number of thiazole rings is 1. The van der Waals surface area contributed by atoms with E-state index in [1.807, 2.05) is 7.05 Å². The first-order valence-corrected chi connectivity index (χ1v) is 8.79. The van der Waals surface area contributed by atoms with Gasteiger partial charge >= 0.3 is 0 Å². The van der Waals surface area contributed by atoms with Crippen molar-refractivity contribution >= 4 is 17.3 Å². The van der Waals surface area contributed by atoms with Gasteiger partial charge in [-0.25, -0.2) is 4.98 Å². The number of guanidine groups is 1. The molecule has 4 nitrogen and oxygen atoms in total. The molecule has 0 saturated heterocycles. The van der Waals surface area contributed by atoms with Crippen LogP contribution in [-0.4, -0.2) is 30.6 Å². The van der Waals surface area contributed by atoms with E-state index < -0.39 is 0 Å². The molecule has 0 amide bonds. The van der Waals surface area contributed by atoms with Gasteiger partial charge in [-0.05, 0) is 12.8 Å². The van der Waals surface area contributed by atoms with E-state index in [1.54, 1.807) is 11.3 Å². The number of nitrogens with zero attached hydrogens (tertiary/aromatic N) is 2. The smallest absolute Gasteiger partial charge is 0.191 e. The van der Waals surface area contributed by atoms with E-state index in [-0.39, 0.29) is 5.41 Å². The fraction of sp³-hybridized carbons (Fsp3) is 0.750. The first-order chi connectivity index (χ1) is 9.99. The Bertz CT molecular complexity index is 467. The molecule has 0 bridgehead atoms. The van der Waals surface area contributed by atoms with Gasteiger partial charge in [-0.2, -0.15) is 0 Å². The SMILES string of the molecule is CN=C(NCCc1nc(C(C)(C)C)cs1)NC1CCCC1. The third-order valence-electron chi connectivity index (χ3n) is 3.87. The third-order valence-corrected chi connectivity index (χ3v) is 4.78. The maximum Gasteiger partial charge on any atom is 0.191 e. The molecule has 1 aromatic rings. The van der Waals surface area contributed by atoms with Gasteiger partial charge in [0.25, 0.3) is 0 Å². The minimum Gasteiger partial charge on any atom is -0.356 e. The van der Waals surface area contributed by atoms with Gasteiger partial charge < -0.3 is 10.6 Å². The lowest BCUT2D eigenvalue weighted by Crippen LogP contribution is -2.43. The molecule has 1 heterocycles. The molecule has 0 spiro atoms. The van der Waals surface area contributed by atoms with E-state index in [2.05, 4.69) is 41.8 Å². The van der Waals surface area contributed by atoms with Gasteiger partial charge in [0.05, 0.1) is 10.7 Å². The monoisotopic (exact) mass is 308 g/mol. The largest absolute Gasteiger partial charge is 0.356 e. The van der Waals surface area contributed by atoms with Crippen LogP contribution in [0.15, 0.2) is 10.4 Å². The highest BCUT2D eigenvalue weighted by molar-refractivity contribution is 7.09. The molecule has 1 fully saturated rings. The highest BCUT2D eigenvalue weighted by Crippen LogP contribution is 2.23. The highest BCUT2D eigenvalue weighted by atomic mass is 32.1. The van der Waals surface area contributed by atoms with Gasteiger partial charge in [-0.15, -0.1) is 11.3 Å². The second kappa shape index (κ2) is 7.25. The van der Waals surface area contributed by atoms with E-state index in [0.29, 0.717) is 6.04 Å². The van der Waals surface area contributed by atoms with Gasteiger partial charge in [0.1, 0.15) is 0 Å². The van der Waals surface area contributed by atoms with E-state index in [9.17, 15) is 0 Å². The summed E-state index contributed by atoms with van der Waals surface area (Å²) >= 11 is 1.76. The van der Waals surface area contributed by atoms with Gasteiger partial charge in [-0.3, -0.25) is 4.99 Å². The molecule has 0 unspecified atom stereocenters. The van der Waals surface area contributed by atoms with Crippen molar-refractivity contribution in [2.75, 3.05) is 13.6 Å². The molecule has 0 radical (unpaired) electrons. The average molecular weight is 308 g/mol. The van der Waals surface area contributed by atoms with Crippen LogP contribution in [0.25, 0.3) is 0 Å². The van der Waals surface area contributed by atoms with Crippen molar-refractivity contribution < 1.29 is 0 Å². The molecule has 0 atom stereocenters. The molecule has 1 saturated carbocycles. The zero-order chi connectivity index (χ0) is 15.3. The lowest BCUT2D eigenvalue weighted by Gasteiger charge is -2.16. The Kier molecular flexibility index (Phi) is 5.62. The summed E-state index contributed by atoms with van der Waals surface area (Å²) in [5, 5.41) is 10.3. The summed E-state index contributed by atoms with van der Waals surface area (Å²) < 4.78 is 0. The van der Waals surface area contributed by atoms with Crippen molar-refractivity contribution in [1.29, 1.82) is 0 Å². The number of rotatable bonds is 4. The summed E-state index contributed by atoms with van der Waals surface area (Å²) in [7, 11) is 1.84. The van der Waals surface area contributed by atoms with Crippen LogP contribution in [-0.2, 0) is 11.8 Å². The van der Waals surface area contributed by atoms with Gasteiger partial charge in [0.15, 0.2) is 5.96 Å². The molecule has 1 aliphatic rings. The lowest BCUT2D eigenvalue weighted by atomic mass is 9.93. The Hall–Kier alpha value is -1.10. The number of nitrogens with one attached hydrogen (secondary N) is 2. The summed E-state index contributed by atoms with van der Waals surface area (Å²) in [5.41, 5.74) is 1.33. The predicted molar refractivity (Wildman–Crippen MR) is 91.3 cm³/mol. The van der Waals surface area contributed by atoms with Crippen LogP contribution >= 0.6 is 11.3 Å². The second-order valence-corrected chi connectivity index (χ2v) is 7.69. The number of aromatic nitrogens is 1. The van der Waals surface area contributed by atoms with Crippen molar-refractivity contribution in [3.8, 4) is 0 Å². The van der Waals surface area contributed by atoms with E-state index in [1.165, 1.54) is 36.4 Å². The maximum absolute atomic E-state index is 4.73. The first-order valence-electron chi connectivity index (χ1n) is 7.91. The lowest BCUT2D eigenvalue weighted by molar-refractivity contribution is 0.570. The minimum absolute atomic E-state index is 0.141. The van der Waals surface area contributed by atoms with Crippen LogP contribution in [0.1, 0.15) is 57.2 Å². The normalized spacial score (nSPS) is 17.2. The van der Waals surface area contributed by atoms with Crippen LogP contribution in [0.5, 0.6) is 0 Å². The van der Waals surface area contributed by atoms with Crippen LogP contribution in [0, 0.1) is 0 Å². The summed E-state index contributed by atoms with van der Waals surface area (Å²) in [5.74, 6) is 0.925. The summed E-state index contributed by atoms with van der Waals surface area (Å²) in [6.45, 7) is 7.50. The van der Waals surface area contributed by atoms with Crippen LogP contribution in [0.2, 0.25) is 0 Å². The zero-order valence-corrected chi connectivity index (χ0v) is 14.5. The zero-order valence-electron chi connectivity index (χ0n) is 13.7. The number of aliphatic imine (C=N–C) groups is 1. The molecule has 118 valence electrons. The van der Waals surface area contributed by atoms with Gasteiger partial charge in [0, 0.05) is 36.9 Å². The Morgan fingerprint density at radius 1 is 1.38 bits per heavy atom. The molecule has 5 heteroatoms. The number of hydrogen-bond acceptors (Lipinski definition) is 3. The standard InChI is InChI=1S/C16H28N4S/c1-16(2,3)13-11-21-14(20-13)9-10-18-15(17-4)19-12-7-5-6-8-12/h11-12H,5-10H2,1-4H3,(H2,17,18,19). The fourth-order valence-electron chi connectivity index (χ4n) is 2.52. The predicted octanol–water partition coefficient (Wildman–Crippen LogP) is 3.09. The van der Waals surface area contributed by atoms with Gasteiger partial charge in [-0.1, -0.05) is 33.6 Å². The molecule has 2 rings (SSSR count). The second-order valence-electron chi connectivity index (χ2n) is 6.75. The first kappa shape index (κ1) is 16.3. The molecular weight excluding hydrogens is 280 g/mol. The summed E-state index contributed by atoms with van der Waals surface area (Å²) in [4.78, 5) is 9.03. The van der Waals surface area contributed by atoms with Crippen molar-refractivity contribution in [1.82, 2.24) is 15.6 Å². The average Bonchev–Trinajstić information content (AvgIpc) is 3.07. The van der Waals surface area contributed by atoms with Crippen molar-refractivity contribution in [2.45, 2.75) is 64.3 Å². The quantitative estimate of drug-likeness (QED) is 0.664. The maximum atomic E-state index is 4.73. The molecular formula is C16H28N4S. The van der Waals surface area contributed by atoms with E-state index >= 15 is 0 Å². The molecule has 21 heavy (non-hydrogen) atoms. The van der Waals surface area contributed by atoms with Crippen molar-refractivity contribution in [3.63, 3.8) is 0 Å². The minimum atomic E-state index is 0.141. The summed E-state index contributed by atoms with van der Waals surface area (Å²) in [6, 6.07) is 0.601. The van der Waals surface area contributed by atoms with Gasteiger partial charge in [0.2, 0.25) is 0 Å².